The smallest absolute Gasteiger partial charge is 0.275 e. The molecule has 4 nitrogen and oxygen atoms in total. The van der Waals surface area contributed by atoms with Crippen LogP contribution in [-0.4, -0.2) is 19.7 Å². The first-order valence-corrected chi connectivity index (χ1v) is 7.41. The molecule has 8 heteroatoms. The number of hydrogen-bond donors (Lipinski definition) is 1. The molecule has 1 aliphatic rings. The molecular formula is C11H12Cl3N3OS. The lowest BCUT2D eigenvalue weighted by molar-refractivity contribution is 0.236. The van der Waals surface area contributed by atoms with E-state index in [1.807, 2.05) is 38.1 Å². The van der Waals surface area contributed by atoms with E-state index in [0.717, 1.165) is 23.2 Å². The van der Waals surface area contributed by atoms with Gasteiger partial charge in [-0.05, 0) is 26.0 Å². The van der Waals surface area contributed by atoms with E-state index >= 15 is 0 Å². The number of nitrogens with one attached hydrogen (secondary N) is 1. The van der Waals surface area contributed by atoms with Crippen LogP contribution in [0.3, 0.4) is 0 Å². The molecule has 0 radical (unpaired) electrons. The number of hydrazine groups is 1. The van der Waals surface area contributed by atoms with Gasteiger partial charge < -0.3 is 0 Å². The average Bonchev–Trinajstić information content (AvgIpc) is 2.54. The van der Waals surface area contributed by atoms with Gasteiger partial charge in [0.25, 0.3) is 3.12 Å². The predicted molar refractivity (Wildman–Crippen MR) is 81.4 cm³/mol. The van der Waals surface area contributed by atoms with Gasteiger partial charge in [0, 0.05) is 17.6 Å². The maximum atomic E-state index is 12.3. The highest BCUT2D eigenvalue weighted by Gasteiger charge is 2.40. The number of amides is 2. The SMILES string of the molecule is Cc1ccc(N2C(=O)N(SC(Cl)(Cl)Cl)NC2C)cc1. The van der Waals surface area contributed by atoms with Crippen molar-refractivity contribution in [2.45, 2.75) is 23.1 Å². The van der Waals surface area contributed by atoms with Gasteiger partial charge in [0.15, 0.2) is 0 Å². The lowest BCUT2D eigenvalue weighted by atomic mass is 10.2. The van der Waals surface area contributed by atoms with Crippen LogP contribution in [0.15, 0.2) is 24.3 Å². The van der Waals surface area contributed by atoms with E-state index in [9.17, 15) is 4.79 Å². The van der Waals surface area contributed by atoms with E-state index in [1.54, 1.807) is 4.90 Å². The van der Waals surface area contributed by atoms with Gasteiger partial charge in [-0.25, -0.2) is 4.79 Å². The minimum absolute atomic E-state index is 0.213. The van der Waals surface area contributed by atoms with Crippen molar-refractivity contribution in [2.75, 3.05) is 4.90 Å². The second-order valence-corrected chi connectivity index (χ2v) is 8.24. The van der Waals surface area contributed by atoms with Gasteiger partial charge in [-0.3, -0.25) is 4.90 Å². The fraction of sp³-hybridized carbons (Fsp3) is 0.364. The molecule has 19 heavy (non-hydrogen) atoms. The first-order valence-electron chi connectivity index (χ1n) is 5.50. The minimum atomic E-state index is -1.59. The number of alkyl halides is 3. The Kier molecular flexibility index (Phi) is 4.42. The number of aryl methyl sites for hydroxylation is 1. The average molecular weight is 341 g/mol. The van der Waals surface area contributed by atoms with E-state index in [4.69, 9.17) is 34.8 Å². The number of carbonyl (C=O) groups is 1. The summed E-state index contributed by atoms with van der Waals surface area (Å²) in [5, 5.41) is 0. The van der Waals surface area contributed by atoms with E-state index in [0.29, 0.717) is 0 Å². The molecule has 0 bridgehead atoms. The quantitative estimate of drug-likeness (QED) is 0.651. The molecule has 1 N–H and O–H groups in total. The Morgan fingerprint density at radius 3 is 2.37 bits per heavy atom. The zero-order chi connectivity index (χ0) is 14.2. The summed E-state index contributed by atoms with van der Waals surface area (Å²) in [7, 11) is 0. The number of urea groups is 1. The lowest BCUT2D eigenvalue weighted by Crippen LogP contribution is -2.34. The van der Waals surface area contributed by atoms with Crippen LogP contribution in [0.4, 0.5) is 10.5 Å². The maximum Gasteiger partial charge on any atom is 0.350 e. The highest BCUT2D eigenvalue weighted by atomic mass is 35.6. The van der Waals surface area contributed by atoms with Crippen LogP contribution in [0.2, 0.25) is 0 Å². The first kappa shape index (κ1) is 15.1. The van der Waals surface area contributed by atoms with Crippen LogP contribution in [0.25, 0.3) is 0 Å². The summed E-state index contributed by atoms with van der Waals surface area (Å²) in [6.07, 6.45) is -0.213. The highest BCUT2D eigenvalue weighted by Crippen LogP contribution is 2.42. The largest absolute Gasteiger partial charge is 0.350 e. The molecule has 0 aliphatic carbocycles. The number of nitrogens with zero attached hydrogens (tertiary/aromatic N) is 2. The fourth-order valence-corrected chi connectivity index (χ4v) is 2.95. The topological polar surface area (TPSA) is 35.6 Å². The summed E-state index contributed by atoms with van der Waals surface area (Å²) in [4.78, 5) is 13.9. The van der Waals surface area contributed by atoms with Crippen LogP contribution < -0.4 is 10.3 Å². The standard InChI is InChI=1S/C11H12Cl3N3OS/c1-7-3-5-9(6-4-7)16-8(2)15-17(10(16)18)19-11(12,13)14/h3-6,8,15H,1-2H3. The van der Waals surface area contributed by atoms with Gasteiger partial charge >= 0.3 is 6.03 Å². The van der Waals surface area contributed by atoms with E-state index in [2.05, 4.69) is 5.43 Å². The fourth-order valence-electron chi connectivity index (χ4n) is 1.75. The van der Waals surface area contributed by atoms with Crippen molar-refractivity contribution >= 4 is 58.5 Å². The Hall–Kier alpha value is -0.330. The van der Waals surface area contributed by atoms with Crippen molar-refractivity contribution in [1.82, 2.24) is 9.84 Å². The molecule has 104 valence electrons. The molecule has 0 saturated carbocycles. The Morgan fingerprint density at radius 1 is 1.26 bits per heavy atom. The Balaban J connectivity index is 2.19. The van der Waals surface area contributed by atoms with Crippen molar-refractivity contribution in [3.05, 3.63) is 29.8 Å². The van der Waals surface area contributed by atoms with Crippen LogP contribution >= 0.6 is 46.8 Å². The lowest BCUT2D eigenvalue weighted by Gasteiger charge is -2.19. The van der Waals surface area contributed by atoms with Crippen LogP contribution in [0, 0.1) is 6.92 Å². The number of rotatable bonds is 2. The normalized spacial score (nSPS) is 20.3. The summed E-state index contributed by atoms with van der Waals surface area (Å²) in [6.45, 7) is 3.85. The molecule has 1 fully saturated rings. The molecule has 0 aromatic heterocycles. The summed E-state index contributed by atoms with van der Waals surface area (Å²) in [5.41, 5.74) is 4.87. The molecule has 1 aromatic rings. The molecular weight excluding hydrogens is 329 g/mol. The molecule has 1 aliphatic heterocycles. The number of hydrogen-bond acceptors (Lipinski definition) is 3. The van der Waals surface area contributed by atoms with E-state index in [1.165, 1.54) is 4.41 Å². The second kappa shape index (κ2) is 5.58. The molecule has 1 saturated heterocycles. The summed E-state index contributed by atoms with van der Waals surface area (Å²) in [5.74, 6) is 0. The highest BCUT2D eigenvalue weighted by molar-refractivity contribution is 8.03. The zero-order valence-corrected chi connectivity index (χ0v) is 13.3. The molecule has 2 rings (SSSR count). The number of carbonyl (C=O) groups excluding carboxylic acids is 1. The molecule has 1 atom stereocenters. The molecule has 1 aromatic carbocycles. The Labute approximate surface area is 131 Å². The summed E-state index contributed by atoms with van der Waals surface area (Å²) in [6, 6.07) is 7.39. The minimum Gasteiger partial charge on any atom is -0.275 e. The van der Waals surface area contributed by atoms with Crippen LogP contribution in [-0.2, 0) is 0 Å². The van der Waals surface area contributed by atoms with Crippen molar-refractivity contribution < 1.29 is 4.79 Å². The van der Waals surface area contributed by atoms with E-state index in [-0.39, 0.29) is 12.2 Å². The van der Waals surface area contributed by atoms with Crippen molar-refractivity contribution in [2.24, 2.45) is 0 Å². The zero-order valence-electron chi connectivity index (χ0n) is 10.2. The predicted octanol–water partition coefficient (Wildman–Crippen LogP) is 4.06. The van der Waals surface area contributed by atoms with Gasteiger partial charge in [0.05, 0.1) is 0 Å². The van der Waals surface area contributed by atoms with Crippen molar-refractivity contribution in [1.29, 1.82) is 0 Å². The summed E-state index contributed by atoms with van der Waals surface area (Å²) < 4.78 is -0.358. The monoisotopic (exact) mass is 339 g/mol. The van der Waals surface area contributed by atoms with E-state index < -0.39 is 3.12 Å². The van der Waals surface area contributed by atoms with Crippen LogP contribution in [0.5, 0.6) is 0 Å². The number of halogens is 3. The molecule has 1 unspecified atom stereocenters. The molecule has 2 amide bonds. The number of anilines is 1. The third-order valence-electron chi connectivity index (χ3n) is 2.58. The van der Waals surface area contributed by atoms with Gasteiger partial charge in [0.1, 0.15) is 6.17 Å². The first-order chi connectivity index (χ1) is 8.78. The second-order valence-electron chi connectivity index (χ2n) is 4.12. The van der Waals surface area contributed by atoms with Gasteiger partial charge in [-0.2, -0.15) is 9.84 Å². The third-order valence-corrected chi connectivity index (χ3v) is 3.85. The van der Waals surface area contributed by atoms with Gasteiger partial charge in [0.2, 0.25) is 0 Å². The molecule has 1 heterocycles. The van der Waals surface area contributed by atoms with Crippen molar-refractivity contribution in [3.8, 4) is 0 Å². The van der Waals surface area contributed by atoms with Crippen LogP contribution in [0.1, 0.15) is 12.5 Å². The van der Waals surface area contributed by atoms with Gasteiger partial charge in [-0.1, -0.05) is 52.5 Å². The maximum absolute atomic E-state index is 12.3. The Morgan fingerprint density at radius 2 is 1.84 bits per heavy atom. The Bertz CT molecular complexity index is 477. The summed E-state index contributed by atoms with van der Waals surface area (Å²) >= 11 is 17.9. The number of benzene rings is 1. The van der Waals surface area contributed by atoms with Gasteiger partial charge in [-0.15, -0.1) is 0 Å². The third kappa shape index (κ3) is 3.61. The van der Waals surface area contributed by atoms with Crippen molar-refractivity contribution in [3.63, 3.8) is 0 Å². The molecule has 0 spiro atoms.